The molecule has 2 N–H and O–H groups in total. The molecule has 0 bridgehead atoms. The van der Waals surface area contributed by atoms with Crippen LogP contribution < -0.4 is 5.73 Å². The van der Waals surface area contributed by atoms with Gasteiger partial charge in [0.25, 0.3) is 5.91 Å². The lowest BCUT2D eigenvalue weighted by Gasteiger charge is -2.42. The number of rotatable bonds is 1. The minimum absolute atomic E-state index is 0.00718. The van der Waals surface area contributed by atoms with Crippen molar-refractivity contribution in [2.24, 2.45) is 0 Å². The van der Waals surface area contributed by atoms with Gasteiger partial charge in [0.1, 0.15) is 0 Å². The first-order chi connectivity index (χ1) is 9.27. The second-order valence-corrected chi connectivity index (χ2v) is 6.66. The van der Waals surface area contributed by atoms with E-state index in [1.54, 1.807) is 18.2 Å². The molecule has 110 valence electrons. The molecule has 0 aromatic heterocycles. The lowest BCUT2D eigenvalue weighted by atomic mass is 10.0. The predicted molar refractivity (Wildman–Crippen MR) is 83.1 cm³/mol. The maximum absolute atomic E-state index is 12.5. The zero-order chi connectivity index (χ0) is 14.9. The van der Waals surface area contributed by atoms with Crippen molar-refractivity contribution in [1.29, 1.82) is 0 Å². The van der Waals surface area contributed by atoms with Gasteiger partial charge < -0.3 is 10.6 Å². The smallest absolute Gasteiger partial charge is 0.254 e. The lowest BCUT2D eigenvalue weighted by Crippen LogP contribution is -2.54. The number of piperazine rings is 1. The van der Waals surface area contributed by atoms with Crippen molar-refractivity contribution in [3.05, 3.63) is 28.8 Å². The van der Waals surface area contributed by atoms with Crippen molar-refractivity contribution in [3.8, 4) is 0 Å². The largest absolute Gasteiger partial charge is 0.399 e. The van der Waals surface area contributed by atoms with Gasteiger partial charge in [-0.25, -0.2) is 0 Å². The Morgan fingerprint density at radius 2 is 1.75 bits per heavy atom. The quantitative estimate of drug-likeness (QED) is 0.810. The van der Waals surface area contributed by atoms with Gasteiger partial charge in [0.2, 0.25) is 0 Å². The Balaban J connectivity index is 2.05. The number of amides is 1. The average molecular weight is 296 g/mol. The Hall–Kier alpha value is -1.26. The van der Waals surface area contributed by atoms with Gasteiger partial charge in [-0.3, -0.25) is 9.69 Å². The molecule has 1 aliphatic heterocycles. The Bertz CT molecular complexity index is 482. The summed E-state index contributed by atoms with van der Waals surface area (Å²) in [6.07, 6.45) is 0. The van der Waals surface area contributed by atoms with Crippen LogP contribution in [-0.4, -0.2) is 47.4 Å². The van der Waals surface area contributed by atoms with E-state index in [1.165, 1.54) is 0 Å². The molecule has 5 heteroatoms. The van der Waals surface area contributed by atoms with E-state index in [1.807, 2.05) is 4.90 Å². The van der Waals surface area contributed by atoms with Crippen LogP contribution in [0.4, 0.5) is 5.69 Å². The van der Waals surface area contributed by atoms with Gasteiger partial charge in [0, 0.05) is 48.0 Å². The first-order valence-corrected chi connectivity index (χ1v) is 7.25. The molecule has 0 spiro atoms. The molecule has 0 radical (unpaired) electrons. The summed E-state index contributed by atoms with van der Waals surface area (Å²) in [7, 11) is 0. The van der Waals surface area contributed by atoms with E-state index in [4.69, 9.17) is 17.3 Å². The standard InChI is InChI=1S/C15H22ClN3O/c1-15(2,3)19-6-4-18(5-7-19)14(20)11-8-12(16)10-13(17)9-11/h8-10H,4-7,17H2,1-3H3. The van der Waals surface area contributed by atoms with Gasteiger partial charge in [-0.15, -0.1) is 0 Å². The molecule has 20 heavy (non-hydrogen) atoms. The van der Waals surface area contributed by atoms with E-state index in [-0.39, 0.29) is 11.4 Å². The molecule has 1 heterocycles. The van der Waals surface area contributed by atoms with E-state index in [0.717, 1.165) is 26.2 Å². The van der Waals surface area contributed by atoms with Crippen LogP contribution in [0.3, 0.4) is 0 Å². The minimum Gasteiger partial charge on any atom is -0.399 e. The highest BCUT2D eigenvalue weighted by molar-refractivity contribution is 6.31. The van der Waals surface area contributed by atoms with E-state index >= 15 is 0 Å². The van der Waals surface area contributed by atoms with Crippen LogP contribution in [0.1, 0.15) is 31.1 Å². The van der Waals surface area contributed by atoms with Crippen molar-refractivity contribution in [2.45, 2.75) is 26.3 Å². The van der Waals surface area contributed by atoms with Crippen LogP contribution >= 0.6 is 11.6 Å². The summed E-state index contributed by atoms with van der Waals surface area (Å²) in [5, 5.41) is 0.502. The fraction of sp³-hybridized carbons (Fsp3) is 0.533. The molecule has 4 nitrogen and oxygen atoms in total. The van der Waals surface area contributed by atoms with Crippen LogP contribution in [0, 0.1) is 0 Å². The summed E-state index contributed by atoms with van der Waals surface area (Å²) in [4.78, 5) is 16.7. The van der Waals surface area contributed by atoms with E-state index < -0.39 is 0 Å². The number of anilines is 1. The van der Waals surface area contributed by atoms with Crippen molar-refractivity contribution in [2.75, 3.05) is 31.9 Å². The number of nitrogens with zero attached hydrogens (tertiary/aromatic N) is 2. The maximum Gasteiger partial charge on any atom is 0.254 e. The number of carbonyl (C=O) groups excluding carboxylic acids is 1. The minimum atomic E-state index is 0.00718. The second-order valence-electron chi connectivity index (χ2n) is 6.22. The van der Waals surface area contributed by atoms with E-state index in [9.17, 15) is 4.79 Å². The SMILES string of the molecule is CC(C)(C)N1CCN(C(=O)c2cc(N)cc(Cl)c2)CC1. The number of benzene rings is 1. The molecule has 0 atom stereocenters. The fourth-order valence-corrected chi connectivity index (χ4v) is 2.74. The number of hydrogen-bond acceptors (Lipinski definition) is 3. The van der Waals surface area contributed by atoms with Gasteiger partial charge in [0.15, 0.2) is 0 Å². The zero-order valence-electron chi connectivity index (χ0n) is 12.3. The molecular formula is C15H22ClN3O. The third-order valence-corrected chi connectivity index (χ3v) is 3.90. The van der Waals surface area contributed by atoms with Crippen LogP contribution in [0.2, 0.25) is 5.02 Å². The fourth-order valence-electron chi connectivity index (χ4n) is 2.50. The number of nitrogen functional groups attached to an aromatic ring is 1. The maximum atomic E-state index is 12.5. The summed E-state index contributed by atoms with van der Waals surface area (Å²) in [6, 6.07) is 5.01. The molecule has 1 aromatic carbocycles. The molecule has 1 aromatic rings. The Morgan fingerprint density at radius 3 is 2.25 bits per heavy atom. The number of halogens is 1. The van der Waals surface area contributed by atoms with Crippen LogP contribution in [0.15, 0.2) is 18.2 Å². The summed E-state index contributed by atoms with van der Waals surface area (Å²) in [5.41, 5.74) is 6.98. The summed E-state index contributed by atoms with van der Waals surface area (Å²) in [6.45, 7) is 9.86. The van der Waals surface area contributed by atoms with Crippen molar-refractivity contribution in [3.63, 3.8) is 0 Å². The first kappa shape index (κ1) is 15.1. The Kier molecular flexibility index (Phi) is 4.25. The van der Waals surface area contributed by atoms with Crippen molar-refractivity contribution >= 4 is 23.2 Å². The highest BCUT2D eigenvalue weighted by Crippen LogP contribution is 2.20. The van der Waals surface area contributed by atoms with Crippen LogP contribution in [0.5, 0.6) is 0 Å². The molecule has 0 aliphatic carbocycles. The molecular weight excluding hydrogens is 274 g/mol. The van der Waals surface area contributed by atoms with Gasteiger partial charge in [0.05, 0.1) is 0 Å². The normalized spacial score (nSPS) is 17.3. The Labute approximate surface area is 125 Å². The Morgan fingerprint density at radius 1 is 1.15 bits per heavy atom. The number of hydrogen-bond donors (Lipinski definition) is 1. The summed E-state index contributed by atoms with van der Waals surface area (Å²) < 4.78 is 0. The molecule has 1 saturated heterocycles. The zero-order valence-corrected chi connectivity index (χ0v) is 13.1. The summed E-state index contributed by atoms with van der Waals surface area (Å²) >= 11 is 5.96. The van der Waals surface area contributed by atoms with Gasteiger partial charge >= 0.3 is 0 Å². The van der Waals surface area contributed by atoms with E-state index in [0.29, 0.717) is 16.3 Å². The molecule has 1 aliphatic rings. The van der Waals surface area contributed by atoms with Crippen LogP contribution in [0.25, 0.3) is 0 Å². The summed E-state index contributed by atoms with van der Waals surface area (Å²) in [5.74, 6) is 0.00718. The third kappa shape index (κ3) is 3.44. The number of carbonyl (C=O) groups is 1. The van der Waals surface area contributed by atoms with Crippen molar-refractivity contribution in [1.82, 2.24) is 9.80 Å². The third-order valence-electron chi connectivity index (χ3n) is 3.68. The monoisotopic (exact) mass is 295 g/mol. The van der Waals surface area contributed by atoms with E-state index in [2.05, 4.69) is 25.7 Å². The lowest BCUT2D eigenvalue weighted by molar-refractivity contribution is 0.0451. The van der Waals surface area contributed by atoms with Gasteiger partial charge in [-0.05, 0) is 39.0 Å². The van der Waals surface area contributed by atoms with Crippen LogP contribution in [-0.2, 0) is 0 Å². The highest BCUT2D eigenvalue weighted by atomic mass is 35.5. The highest BCUT2D eigenvalue weighted by Gasteiger charge is 2.28. The molecule has 1 amide bonds. The molecule has 2 rings (SSSR count). The number of nitrogens with two attached hydrogens (primary N) is 1. The average Bonchev–Trinajstić information content (AvgIpc) is 2.36. The topological polar surface area (TPSA) is 49.6 Å². The molecule has 1 fully saturated rings. The molecule has 0 saturated carbocycles. The molecule has 0 unspecified atom stereocenters. The predicted octanol–water partition coefficient (Wildman–Crippen LogP) is 2.48. The van der Waals surface area contributed by atoms with Gasteiger partial charge in [-0.2, -0.15) is 0 Å². The second kappa shape index (κ2) is 5.62. The first-order valence-electron chi connectivity index (χ1n) is 6.88. The van der Waals surface area contributed by atoms with Gasteiger partial charge in [-0.1, -0.05) is 11.6 Å². The van der Waals surface area contributed by atoms with Crippen molar-refractivity contribution < 1.29 is 4.79 Å².